The van der Waals surface area contributed by atoms with Gasteiger partial charge >= 0.3 is 0 Å². The topological polar surface area (TPSA) is 35.5 Å². The molecular formula is C14H18O3. The summed E-state index contributed by atoms with van der Waals surface area (Å²) in [7, 11) is 3.27. The van der Waals surface area contributed by atoms with Crippen molar-refractivity contribution in [3.8, 4) is 11.5 Å². The van der Waals surface area contributed by atoms with Gasteiger partial charge in [-0.25, -0.2) is 0 Å². The van der Waals surface area contributed by atoms with Gasteiger partial charge in [0.15, 0.2) is 11.5 Å². The highest BCUT2D eigenvalue weighted by Crippen LogP contribution is 2.45. The molecule has 92 valence electrons. The Morgan fingerprint density at radius 2 is 2.00 bits per heavy atom. The Balaban J connectivity index is 2.48. The molecule has 0 bridgehead atoms. The summed E-state index contributed by atoms with van der Waals surface area (Å²) >= 11 is 0. The number of ketones is 1. The lowest BCUT2D eigenvalue weighted by molar-refractivity contribution is -0.117. The van der Waals surface area contributed by atoms with Gasteiger partial charge in [-0.05, 0) is 12.5 Å². The van der Waals surface area contributed by atoms with Gasteiger partial charge in [-0.2, -0.15) is 0 Å². The second kappa shape index (κ2) is 4.40. The summed E-state index contributed by atoms with van der Waals surface area (Å²) in [6.45, 7) is 2.12. The molecule has 0 aliphatic heterocycles. The molecule has 1 atom stereocenters. The standard InChI is InChI=1S/C14H18O3/c1-14(8-7-10(15)9-14)11-5-4-6-12(16-2)13(11)17-3/h4-6H,7-9H2,1-3H3. The number of hydrogen-bond donors (Lipinski definition) is 0. The number of rotatable bonds is 3. The van der Waals surface area contributed by atoms with Crippen LogP contribution >= 0.6 is 0 Å². The van der Waals surface area contributed by atoms with Crippen LogP contribution in [0.2, 0.25) is 0 Å². The van der Waals surface area contributed by atoms with Crippen LogP contribution in [0.25, 0.3) is 0 Å². The molecule has 0 N–H and O–H groups in total. The highest BCUT2D eigenvalue weighted by atomic mass is 16.5. The highest BCUT2D eigenvalue weighted by Gasteiger charge is 2.38. The Labute approximate surface area is 102 Å². The third-order valence-electron chi connectivity index (χ3n) is 3.60. The minimum Gasteiger partial charge on any atom is -0.493 e. The summed E-state index contributed by atoms with van der Waals surface area (Å²) in [5, 5.41) is 0. The zero-order valence-corrected chi connectivity index (χ0v) is 10.6. The molecule has 17 heavy (non-hydrogen) atoms. The molecule has 1 aliphatic rings. The predicted octanol–water partition coefficient (Wildman–Crippen LogP) is 2.71. The largest absolute Gasteiger partial charge is 0.493 e. The number of benzene rings is 1. The fourth-order valence-corrected chi connectivity index (χ4v) is 2.62. The van der Waals surface area contributed by atoms with Crippen molar-refractivity contribution in [2.75, 3.05) is 14.2 Å². The third-order valence-corrected chi connectivity index (χ3v) is 3.60. The van der Waals surface area contributed by atoms with E-state index in [2.05, 4.69) is 6.92 Å². The first-order chi connectivity index (χ1) is 8.10. The average Bonchev–Trinajstić information content (AvgIpc) is 2.69. The molecule has 1 saturated carbocycles. The Kier molecular flexibility index (Phi) is 3.09. The number of carbonyl (C=O) groups is 1. The van der Waals surface area contributed by atoms with Crippen LogP contribution in [0.15, 0.2) is 18.2 Å². The minimum absolute atomic E-state index is 0.114. The van der Waals surface area contributed by atoms with E-state index >= 15 is 0 Å². The maximum Gasteiger partial charge on any atom is 0.164 e. The van der Waals surface area contributed by atoms with E-state index in [-0.39, 0.29) is 5.41 Å². The highest BCUT2D eigenvalue weighted by molar-refractivity contribution is 5.83. The van der Waals surface area contributed by atoms with Crippen LogP contribution in [0.3, 0.4) is 0 Å². The summed E-state index contributed by atoms with van der Waals surface area (Å²) in [5.74, 6) is 1.81. The number of hydrogen-bond acceptors (Lipinski definition) is 3. The van der Waals surface area contributed by atoms with Crippen LogP contribution in [0.5, 0.6) is 11.5 Å². The van der Waals surface area contributed by atoms with Gasteiger partial charge in [0.2, 0.25) is 0 Å². The summed E-state index contributed by atoms with van der Waals surface area (Å²) in [6.07, 6.45) is 2.14. The first kappa shape index (κ1) is 12.0. The maximum atomic E-state index is 11.5. The summed E-state index contributed by atoms with van der Waals surface area (Å²) < 4.78 is 10.7. The molecule has 3 heteroatoms. The van der Waals surface area contributed by atoms with Crippen LogP contribution in [-0.4, -0.2) is 20.0 Å². The molecule has 1 fully saturated rings. The van der Waals surface area contributed by atoms with Crippen molar-refractivity contribution in [1.29, 1.82) is 0 Å². The zero-order chi connectivity index (χ0) is 12.5. The number of ether oxygens (including phenoxy) is 2. The summed E-state index contributed by atoms with van der Waals surface area (Å²) in [4.78, 5) is 11.5. The van der Waals surface area contributed by atoms with Gasteiger partial charge in [0.05, 0.1) is 14.2 Å². The normalized spacial score (nSPS) is 23.8. The lowest BCUT2D eigenvalue weighted by Gasteiger charge is -2.26. The van der Waals surface area contributed by atoms with E-state index in [0.29, 0.717) is 18.6 Å². The first-order valence-corrected chi connectivity index (χ1v) is 5.84. The molecule has 1 aromatic rings. The van der Waals surface area contributed by atoms with Crippen LogP contribution in [0.1, 0.15) is 31.7 Å². The van der Waals surface area contributed by atoms with Gasteiger partial charge < -0.3 is 9.47 Å². The number of methoxy groups -OCH3 is 2. The van der Waals surface area contributed by atoms with E-state index in [1.807, 2.05) is 18.2 Å². The van der Waals surface area contributed by atoms with Gasteiger partial charge in [0, 0.05) is 23.8 Å². The molecule has 0 spiro atoms. The molecule has 1 unspecified atom stereocenters. The fraction of sp³-hybridized carbons (Fsp3) is 0.500. The number of para-hydroxylation sites is 1. The molecule has 0 amide bonds. The second-order valence-corrected chi connectivity index (χ2v) is 4.82. The lowest BCUT2D eigenvalue weighted by atomic mass is 9.80. The zero-order valence-electron chi connectivity index (χ0n) is 10.6. The monoisotopic (exact) mass is 234 g/mol. The molecule has 0 radical (unpaired) electrons. The first-order valence-electron chi connectivity index (χ1n) is 5.84. The smallest absolute Gasteiger partial charge is 0.164 e. The van der Waals surface area contributed by atoms with Crippen LogP contribution in [0, 0.1) is 0 Å². The van der Waals surface area contributed by atoms with Crippen molar-refractivity contribution in [2.45, 2.75) is 31.6 Å². The fourth-order valence-electron chi connectivity index (χ4n) is 2.62. The van der Waals surface area contributed by atoms with Crippen LogP contribution < -0.4 is 9.47 Å². The van der Waals surface area contributed by atoms with Crippen molar-refractivity contribution >= 4 is 5.78 Å². The van der Waals surface area contributed by atoms with Crippen molar-refractivity contribution in [1.82, 2.24) is 0 Å². The van der Waals surface area contributed by atoms with Crippen molar-refractivity contribution in [3.63, 3.8) is 0 Å². The van der Waals surface area contributed by atoms with E-state index in [9.17, 15) is 4.79 Å². The van der Waals surface area contributed by atoms with Crippen molar-refractivity contribution in [3.05, 3.63) is 23.8 Å². The number of Topliss-reactive ketones (excluding diaryl/α,β-unsaturated/α-hetero) is 1. The molecular weight excluding hydrogens is 216 g/mol. The van der Waals surface area contributed by atoms with E-state index < -0.39 is 0 Å². The Bertz CT molecular complexity index is 439. The summed E-state index contributed by atoms with van der Waals surface area (Å²) in [6, 6.07) is 5.85. The summed E-state index contributed by atoms with van der Waals surface area (Å²) in [5.41, 5.74) is 0.960. The second-order valence-electron chi connectivity index (χ2n) is 4.82. The van der Waals surface area contributed by atoms with E-state index in [1.165, 1.54) is 0 Å². The van der Waals surface area contributed by atoms with E-state index in [1.54, 1.807) is 14.2 Å². The van der Waals surface area contributed by atoms with E-state index in [0.717, 1.165) is 23.5 Å². The quantitative estimate of drug-likeness (QED) is 0.806. The van der Waals surface area contributed by atoms with Crippen molar-refractivity contribution in [2.24, 2.45) is 0 Å². The predicted molar refractivity (Wildman–Crippen MR) is 65.8 cm³/mol. The van der Waals surface area contributed by atoms with Gasteiger partial charge in [-0.15, -0.1) is 0 Å². The molecule has 0 aromatic heterocycles. The van der Waals surface area contributed by atoms with Crippen LogP contribution in [-0.2, 0) is 10.2 Å². The molecule has 1 aliphatic carbocycles. The maximum absolute atomic E-state index is 11.5. The van der Waals surface area contributed by atoms with Gasteiger partial charge in [-0.1, -0.05) is 19.1 Å². The lowest BCUT2D eigenvalue weighted by Crippen LogP contribution is -2.19. The van der Waals surface area contributed by atoms with Crippen molar-refractivity contribution < 1.29 is 14.3 Å². The SMILES string of the molecule is COc1cccc(C2(C)CCC(=O)C2)c1OC. The Hall–Kier alpha value is -1.51. The van der Waals surface area contributed by atoms with E-state index in [4.69, 9.17) is 9.47 Å². The Morgan fingerprint density at radius 3 is 2.53 bits per heavy atom. The Morgan fingerprint density at radius 1 is 1.24 bits per heavy atom. The minimum atomic E-state index is -0.114. The molecule has 2 rings (SSSR count). The third kappa shape index (κ3) is 2.02. The average molecular weight is 234 g/mol. The van der Waals surface area contributed by atoms with Gasteiger partial charge in [0.1, 0.15) is 5.78 Å². The van der Waals surface area contributed by atoms with Gasteiger partial charge in [0.25, 0.3) is 0 Å². The number of carbonyl (C=O) groups excluding carboxylic acids is 1. The van der Waals surface area contributed by atoms with Gasteiger partial charge in [-0.3, -0.25) is 4.79 Å². The molecule has 0 heterocycles. The molecule has 1 aromatic carbocycles. The molecule has 3 nitrogen and oxygen atoms in total. The van der Waals surface area contributed by atoms with Crippen LogP contribution in [0.4, 0.5) is 0 Å². The molecule has 0 saturated heterocycles.